The molecule has 0 bridgehead atoms. The number of rotatable bonds is 7. The van der Waals surface area contributed by atoms with E-state index in [9.17, 15) is 13.2 Å². The molecule has 0 aliphatic rings. The highest BCUT2D eigenvalue weighted by molar-refractivity contribution is 7.88. The first-order valence-corrected chi connectivity index (χ1v) is 5.93. The second-order valence-corrected chi connectivity index (χ2v) is 4.08. The molecule has 2 N–H and O–H groups in total. The highest BCUT2D eigenvalue weighted by atomic mass is 32.2. The van der Waals surface area contributed by atoms with Gasteiger partial charge in [0.1, 0.15) is 0 Å². The number of carbonyl (C=O) groups excluding carboxylic acids is 1. The van der Waals surface area contributed by atoms with Crippen LogP contribution in [0, 0.1) is 0 Å². The predicted octanol–water partition coefficient (Wildman–Crippen LogP) is -0.814. The Morgan fingerprint density at radius 1 is 1.31 bits per heavy atom. The standard InChI is InChI=1S/C7H16N2O6S/c1-4-15-7(10)9-16(11,12)8-5-6(13-2)14-3/h6,8H,4-5H2,1-3H3,(H,9,10). The van der Waals surface area contributed by atoms with Gasteiger partial charge in [-0.15, -0.1) is 0 Å². The molecule has 9 heteroatoms. The molecule has 0 rings (SSSR count). The van der Waals surface area contributed by atoms with Crippen LogP contribution in [-0.4, -0.2) is 48.2 Å². The van der Waals surface area contributed by atoms with Crippen molar-refractivity contribution in [3.05, 3.63) is 0 Å². The van der Waals surface area contributed by atoms with Crippen LogP contribution >= 0.6 is 0 Å². The van der Waals surface area contributed by atoms with Crippen molar-refractivity contribution in [2.45, 2.75) is 13.2 Å². The van der Waals surface area contributed by atoms with Gasteiger partial charge in [-0.3, -0.25) is 0 Å². The van der Waals surface area contributed by atoms with Crippen molar-refractivity contribution < 1.29 is 27.4 Å². The maximum Gasteiger partial charge on any atom is 0.421 e. The van der Waals surface area contributed by atoms with Crippen LogP contribution in [0.5, 0.6) is 0 Å². The molecule has 0 heterocycles. The molecular weight excluding hydrogens is 240 g/mol. The van der Waals surface area contributed by atoms with E-state index in [1.807, 2.05) is 0 Å². The SMILES string of the molecule is CCOC(=O)NS(=O)(=O)NCC(OC)OC. The van der Waals surface area contributed by atoms with E-state index in [2.05, 4.69) is 9.46 Å². The van der Waals surface area contributed by atoms with Gasteiger partial charge in [0.2, 0.25) is 0 Å². The molecule has 0 spiro atoms. The van der Waals surface area contributed by atoms with E-state index in [1.54, 1.807) is 11.6 Å². The van der Waals surface area contributed by atoms with Crippen molar-refractivity contribution in [1.82, 2.24) is 9.44 Å². The molecule has 0 unspecified atom stereocenters. The zero-order valence-corrected chi connectivity index (χ0v) is 10.2. The van der Waals surface area contributed by atoms with Crippen LogP contribution in [0.2, 0.25) is 0 Å². The highest BCUT2D eigenvalue weighted by Gasteiger charge is 2.16. The molecule has 0 aliphatic carbocycles. The number of methoxy groups -OCH3 is 2. The van der Waals surface area contributed by atoms with Crippen LogP contribution in [0.1, 0.15) is 6.92 Å². The van der Waals surface area contributed by atoms with Crippen LogP contribution < -0.4 is 9.44 Å². The number of hydrogen-bond donors (Lipinski definition) is 2. The maximum absolute atomic E-state index is 11.2. The Morgan fingerprint density at radius 3 is 2.31 bits per heavy atom. The smallest absolute Gasteiger partial charge is 0.421 e. The van der Waals surface area contributed by atoms with E-state index < -0.39 is 22.6 Å². The number of hydrogen-bond acceptors (Lipinski definition) is 6. The molecule has 0 saturated carbocycles. The molecule has 0 aliphatic heterocycles. The van der Waals surface area contributed by atoms with Crippen LogP contribution in [0.25, 0.3) is 0 Å². The monoisotopic (exact) mass is 256 g/mol. The highest BCUT2D eigenvalue weighted by Crippen LogP contribution is 1.89. The number of ether oxygens (including phenoxy) is 3. The third-order valence-electron chi connectivity index (χ3n) is 1.46. The number of nitrogens with one attached hydrogen (secondary N) is 2. The van der Waals surface area contributed by atoms with E-state index >= 15 is 0 Å². The minimum Gasteiger partial charge on any atom is -0.449 e. The molecule has 0 aromatic rings. The minimum absolute atomic E-state index is 0.0835. The number of carbonyl (C=O) groups is 1. The van der Waals surface area contributed by atoms with Gasteiger partial charge >= 0.3 is 16.3 Å². The average Bonchev–Trinajstić information content (AvgIpc) is 2.18. The van der Waals surface area contributed by atoms with E-state index in [0.29, 0.717) is 0 Å². The van der Waals surface area contributed by atoms with E-state index in [-0.39, 0.29) is 13.2 Å². The summed E-state index contributed by atoms with van der Waals surface area (Å²) in [5, 5.41) is 0. The molecule has 96 valence electrons. The maximum atomic E-state index is 11.2. The van der Waals surface area contributed by atoms with Gasteiger partial charge in [0.15, 0.2) is 6.29 Å². The quantitative estimate of drug-likeness (QED) is 0.577. The molecule has 16 heavy (non-hydrogen) atoms. The van der Waals surface area contributed by atoms with Gasteiger partial charge in [-0.2, -0.15) is 13.1 Å². The predicted molar refractivity (Wildman–Crippen MR) is 54.9 cm³/mol. The molecule has 0 fully saturated rings. The van der Waals surface area contributed by atoms with Gasteiger partial charge in [0.05, 0.1) is 13.2 Å². The lowest BCUT2D eigenvalue weighted by Crippen LogP contribution is -2.44. The summed E-state index contributed by atoms with van der Waals surface area (Å²) in [5.41, 5.74) is 0. The average molecular weight is 256 g/mol. The van der Waals surface area contributed by atoms with Crippen molar-refractivity contribution in [2.75, 3.05) is 27.4 Å². The zero-order chi connectivity index (χ0) is 12.6. The Kier molecular flexibility index (Phi) is 6.97. The van der Waals surface area contributed by atoms with Crippen molar-refractivity contribution in [1.29, 1.82) is 0 Å². The van der Waals surface area contributed by atoms with E-state index in [0.717, 1.165) is 0 Å². The Labute approximate surface area is 94.4 Å². The summed E-state index contributed by atoms with van der Waals surface area (Å²) in [6.07, 6.45) is -1.76. The molecule has 0 aromatic heterocycles. The summed E-state index contributed by atoms with van der Waals surface area (Å²) >= 11 is 0. The summed E-state index contributed by atoms with van der Waals surface area (Å²) in [6, 6.07) is 0. The molecule has 0 saturated heterocycles. The summed E-state index contributed by atoms with van der Waals surface area (Å²) < 4.78 is 40.1. The summed E-state index contributed by atoms with van der Waals surface area (Å²) in [6.45, 7) is 1.52. The summed E-state index contributed by atoms with van der Waals surface area (Å²) in [5.74, 6) is 0. The first kappa shape index (κ1) is 15.1. The summed E-state index contributed by atoms with van der Waals surface area (Å²) in [4.78, 5) is 10.8. The van der Waals surface area contributed by atoms with Crippen LogP contribution in [0.3, 0.4) is 0 Å². The Balaban J connectivity index is 4.10. The lowest BCUT2D eigenvalue weighted by molar-refractivity contribution is -0.0961. The third kappa shape index (κ3) is 6.56. The van der Waals surface area contributed by atoms with Gasteiger partial charge in [0.25, 0.3) is 0 Å². The Morgan fingerprint density at radius 2 is 1.88 bits per heavy atom. The molecule has 8 nitrogen and oxygen atoms in total. The topological polar surface area (TPSA) is 103 Å². The fraction of sp³-hybridized carbons (Fsp3) is 0.857. The van der Waals surface area contributed by atoms with Gasteiger partial charge in [-0.25, -0.2) is 9.52 Å². The lowest BCUT2D eigenvalue weighted by atomic mass is 10.6. The number of amides is 1. The second-order valence-electron chi connectivity index (χ2n) is 2.58. The van der Waals surface area contributed by atoms with Crippen LogP contribution in [0.4, 0.5) is 4.79 Å². The largest absolute Gasteiger partial charge is 0.449 e. The first-order valence-electron chi connectivity index (χ1n) is 4.45. The van der Waals surface area contributed by atoms with Crippen molar-refractivity contribution in [3.63, 3.8) is 0 Å². The minimum atomic E-state index is -3.95. The fourth-order valence-corrected chi connectivity index (χ4v) is 1.45. The van der Waals surface area contributed by atoms with Crippen molar-refractivity contribution in [3.8, 4) is 0 Å². The van der Waals surface area contributed by atoms with Crippen molar-refractivity contribution >= 4 is 16.3 Å². The van der Waals surface area contributed by atoms with Gasteiger partial charge in [0, 0.05) is 14.2 Å². The van der Waals surface area contributed by atoms with Gasteiger partial charge in [-0.05, 0) is 6.92 Å². The molecule has 0 radical (unpaired) electrons. The molecule has 0 atom stereocenters. The van der Waals surface area contributed by atoms with Gasteiger partial charge < -0.3 is 14.2 Å². The molecule has 0 aromatic carbocycles. The fourth-order valence-electron chi connectivity index (χ4n) is 0.747. The van der Waals surface area contributed by atoms with E-state index in [1.165, 1.54) is 14.2 Å². The zero-order valence-electron chi connectivity index (χ0n) is 9.35. The van der Waals surface area contributed by atoms with E-state index in [4.69, 9.17) is 9.47 Å². The summed E-state index contributed by atoms with van der Waals surface area (Å²) in [7, 11) is -1.23. The molecular formula is C7H16N2O6S. The Bertz CT molecular complexity index is 300. The first-order chi connectivity index (χ1) is 7.45. The van der Waals surface area contributed by atoms with Crippen LogP contribution in [0.15, 0.2) is 0 Å². The lowest BCUT2D eigenvalue weighted by Gasteiger charge is -2.14. The van der Waals surface area contributed by atoms with Gasteiger partial charge in [-0.1, -0.05) is 0 Å². The Hall–Kier alpha value is -0.900. The normalized spacial score (nSPS) is 11.5. The molecule has 1 amide bonds. The van der Waals surface area contributed by atoms with Crippen molar-refractivity contribution in [2.24, 2.45) is 0 Å². The second kappa shape index (κ2) is 7.39. The van der Waals surface area contributed by atoms with Crippen LogP contribution in [-0.2, 0) is 24.4 Å². The third-order valence-corrected chi connectivity index (χ3v) is 2.44.